The lowest BCUT2D eigenvalue weighted by molar-refractivity contribution is 0.0926. The third kappa shape index (κ3) is 2.92. The van der Waals surface area contributed by atoms with E-state index >= 15 is 0 Å². The van der Waals surface area contributed by atoms with Crippen LogP contribution in [0.25, 0.3) is 10.9 Å². The van der Waals surface area contributed by atoms with E-state index in [0.29, 0.717) is 29.1 Å². The van der Waals surface area contributed by atoms with Crippen LogP contribution in [-0.4, -0.2) is 23.9 Å². The molecule has 1 aliphatic heterocycles. The zero-order valence-corrected chi connectivity index (χ0v) is 16.3. The molecule has 3 aromatic carbocycles. The molecule has 30 heavy (non-hydrogen) atoms. The molecule has 5 rings (SSSR count). The maximum atomic E-state index is 12.8. The molecule has 5 heteroatoms. The number of carbonyl (C=O) groups is 2. The Morgan fingerprint density at radius 2 is 1.50 bits per heavy atom. The largest absolute Gasteiger partial charge is 0.481 e. The monoisotopic (exact) mass is 394 g/mol. The zero-order valence-electron chi connectivity index (χ0n) is 16.3. The first kappa shape index (κ1) is 18.1. The van der Waals surface area contributed by atoms with Gasteiger partial charge < -0.3 is 4.74 Å². The SMILES string of the molecule is COc1nc2ccc(N3C(=O)c4ccccc4C3=O)cc2cc1Cc1ccccc1. The molecule has 2 amide bonds. The van der Waals surface area contributed by atoms with Crippen molar-refractivity contribution in [3.63, 3.8) is 0 Å². The lowest BCUT2D eigenvalue weighted by Crippen LogP contribution is -2.29. The maximum Gasteiger partial charge on any atom is 0.266 e. The number of pyridine rings is 1. The van der Waals surface area contributed by atoms with Crippen molar-refractivity contribution >= 4 is 28.4 Å². The first-order chi connectivity index (χ1) is 14.7. The fourth-order valence-electron chi connectivity index (χ4n) is 3.87. The highest BCUT2D eigenvalue weighted by Gasteiger charge is 2.36. The number of amides is 2. The van der Waals surface area contributed by atoms with E-state index in [9.17, 15) is 9.59 Å². The van der Waals surface area contributed by atoms with E-state index < -0.39 is 0 Å². The molecule has 0 unspecified atom stereocenters. The van der Waals surface area contributed by atoms with Gasteiger partial charge in [0.15, 0.2) is 0 Å². The minimum atomic E-state index is -0.305. The van der Waals surface area contributed by atoms with Gasteiger partial charge in [-0.15, -0.1) is 0 Å². The molecular formula is C25H18N2O3. The Bertz CT molecular complexity index is 1260. The van der Waals surface area contributed by atoms with Gasteiger partial charge in [0, 0.05) is 17.4 Å². The summed E-state index contributed by atoms with van der Waals surface area (Å²) in [4.78, 5) is 31.5. The van der Waals surface area contributed by atoms with Crippen molar-refractivity contribution in [2.75, 3.05) is 12.0 Å². The average molecular weight is 394 g/mol. The summed E-state index contributed by atoms with van der Waals surface area (Å²) in [6.07, 6.45) is 0.671. The molecule has 1 aliphatic rings. The van der Waals surface area contributed by atoms with Gasteiger partial charge in [0.05, 0.1) is 29.4 Å². The Morgan fingerprint density at radius 1 is 0.833 bits per heavy atom. The number of carbonyl (C=O) groups excluding carboxylic acids is 2. The lowest BCUT2D eigenvalue weighted by Gasteiger charge is -2.15. The quantitative estimate of drug-likeness (QED) is 0.473. The highest BCUT2D eigenvalue weighted by atomic mass is 16.5. The smallest absolute Gasteiger partial charge is 0.266 e. The average Bonchev–Trinajstić information content (AvgIpc) is 3.04. The molecule has 0 radical (unpaired) electrons. The van der Waals surface area contributed by atoms with Gasteiger partial charge in [-0.3, -0.25) is 9.59 Å². The Hall–Kier alpha value is -3.99. The molecule has 0 fully saturated rings. The predicted octanol–water partition coefficient (Wildman–Crippen LogP) is 4.63. The van der Waals surface area contributed by atoms with Crippen molar-refractivity contribution in [3.8, 4) is 5.88 Å². The third-order valence-electron chi connectivity index (χ3n) is 5.32. The number of anilines is 1. The molecule has 146 valence electrons. The molecule has 0 bridgehead atoms. The molecule has 1 aromatic heterocycles. The second kappa shape index (κ2) is 7.12. The van der Waals surface area contributed by atoms with Crippen molar-refractivity contribution in [1.82, 2.24) is 4.98 Å². The van der Waals surface area contributed by atoms with Crippen molar-refractivity contribution in [3.05, 3.63) is 101 Å². The van der Waals surface area contributed by atoms with Gasteiger partial charge in [0.2, 0.25) is 5.88 Å². The first-order valence-corrected chi connectivity index (χ1v) is 9.65. The lowest BCUT2D eigenvalue weighted by atomic mass is 10.0. The number of methoxy groups -OCH3 is 1. The second-order valence-electron chi connectivity index (χ2n) is 7.19. The van der Waals surface area contributed by atoms with Gasteiger partial charge in [-0.2, -0.15) is 0 Å². The summed E-state index contributed by atoms with van der Waals surface area (Å²) >= 11 is 0. The van der Waals surface area contributed by atoms with E-state index in [4.69, 9.17) is 4.74 Å². The van der Waals surface area contributed by atoms with Gasteiger partial charge in [0.1, 0.15) is 0 Å². The van der Waals surface area contributed by atoms with Crippen LogP contribution in [0.3, 0.4) is 0 Å². The molecule has 4 aromatic rings. The number of aromatic nitrogens is 1. The number of hydrogen-bond acceptors (Lipinski definition) is 4. The van der Waals surface area contributed by atoms with Crippen molar-refractivity contribution in [2.45, 2.75) is 6.42 Å². The molecule has 0 saturated carbocycles. The highest BCUT2D eigenvalue weighted by molar-refractivity contribution is 6.34. The van der Waals surface area contributed by atoms with E-state index in [1.807, 2.05) is 36.4 Å². The predicted molar refractivity (Wildman–Crippen MR) is 115 cm³/mol. The van der Waals surface area contributed by atoms with E-state index in [2.05, 4.69) is 17.1 Å². The number of fused-ring (bicyclic) bond motifs is 2. The summed E-state index contributed by atoms with van der Waals surface area (Å²) in [5.74, 6) is -0.0401. The maximum absolute atomic E-state index is 12.8. The fourth-order valence-corrected chi connectivity index (χ4v) is 3.87. The van der Waals surface area contributed by atoms with Crippen molar-refractivity contribution in [2.24, 2.45) is 0 Å². The van der Waals surface area contributed by atoms with Crippen LogP contribution in [0.1, 0.15) is 31.8 Å². The topological polar surface area (TPSA) is 59.5 Å². The number of nitrogens with zero attached hydrogens (tertiary/aromatic N) is 2. The summed E-state index contributed by atoms with van der Waals surface area (Å²) in [5.41, 5.74) is 4.22. The minimum Gasteiger partial charge on any atom is -0.481 e. The van der Waals surface area contributed by atoms with Crippen LogP contribution >= 0.6 is 0 Å². The Labute approximate surface area is 173 Å². The summed E-state index contributed by atoms with van der Waals surface area (Å²) in [6, 6.07) is 24.4. The van der Waals surface area contributed by atoms with Crippen LogP contribution in [0.2, 0.25) is 0 Å². The number of ether oxygens (including phenoxy) is 1. The van der Waals surface area contributed by atoms with E-state index in [1.165, 1.54) is 4.90 Å². The number of benzene rings is 3. The summed E-state index contributed by atoms with van der Waals surface area (Å²) in [5, 5.41) is 0.843. The number of rotatable bonds is 4. The van der Waals surface area contributed by atoms with Crippen LogP contribution in [0, 0.1) is 0 Å². The molecule has 2 heterocycles. The Kier molecular flexibility index (Phi) is 4.29. The van der Waals surface area contributed by atoms with Crippen LogP contribution in [0.5, 0.6) is 5.88 Å². The normalized spacial score (nSPS) is 13.0. The number of imide groups is 1. The van der Waals surface area contributed by atoms with Crippen molar-refractivity contribution in [1.29, 1.82) is 0 Å². The van der Waals surface area contributed by atoms with Crippen LogP contribution in [0.4, 0.5) is 5.69 Å². The fraction of sp³-hybridized carbons (Fsp3) is 0.0800. The van der Waals surface area contributed by atoms with E-state index in [-0.39, 0.29) is 11.8 Å². The Balaban J connectivity index is 1.57. The van der Waals surface area contributed by atoms with Gasteiger partial charge >= 0.3 is 0 Å². The summed E-state index contributed by atoms with van der Waals surface area (Å²) in [7, 11) is 1.61. The molecular weight excluding hydrogens is 376 g/mol. The number of hydrogen-bond donors (Lipinski definition) is 0. The minimum absolute atomic E-state index is 0.305. The highest BCUT2D eigenvalue weighted by Crippen LogP contribution is 2.32. The molecule has 0 saturated heterocycles. The zero-order chi connectivity index (χ0) is 20.7. The van der Waals surface area contributed by atoms with Gasteiger partial charge in [-0.25, -0.2) is 9.88 Å². The van der Waals surface area contributed by atoms with E-state index in [1.54, 1.807) is 37.4 Å². The van der Waals surface area contributed by atoms with Gasteiger partial charge in [0.25, 0.3) is 11.8 Å². The van der Waals surface area contributed by atoms with E-state index in [0.717, 1.165) is 22.0 Å². The standard InChI is InChI=1S/C25H18N2O3/c1-30-23-18(13-16-7-3-2-4-8-16)14-17-15-19(11-12-22(17)26-23)27-24(28)20-9-5-6-10-21(20)25(27)29/h2-12,14-15H,13H2,1H3. The van der Waals surface area contributed by atoms with Crippen LogP contribution < -0.4 is 9.64 Å². The summed E-state index contributed by atoms with van der Waals surface area (Å²) < 4.78 is 5.50. The first-order valence-electron chi connectivity index (χ1n) is 9.65. The van der Waals surface area contributed by atoms with Crippen LogP contribution in [-0.2, 0) is 6.42 Å². The van der Waals surface area contributed by atoms with Crippen molar-refractivity contribution < 1.29 is 14.3 Å². The van der Waals surface area contributed by atoms with Crippen LogP contribution in [0.15, 0.2) is 78.9 Å². The summed E-state index contributed by atoms with van der Waals surface area (Å²) in [6.45, 7) is 0. The third-order valence-corrected chi connectivity index (χ3v) is 5.32. The van der Waals surface area contributed by atoms with Gasteiger partial charge in [-0.05, 0) is 42.0 Å². The Morgan fingerprint density at radius 3 is 2.17 bits per heavy atom. The molecule has 0 aliphatic carbocycles. The second-order valence-corrected chi connectivity index (χ2v) is 7.19. The molecule has 0 N–H and O–H groups in total. The molecule has 0 atom stereocenters. The molecule has 0 spiro atoms. The molecule has 5 nitrogen and oxygen atoms in total. The van der Waals surface area contributed by atoms with Gasteiger partial charge in [-0.1, -0.05) is 42.5 Å².